The first kappa shape index (κ1) is 16.0. The maximum Gasteiger partial charge on any atom is 0.246 e. The summed E-state index contributed by atoms with van der Waals surface area (Å²) in [7, 11) is 0. The summed E-state index contributed by atoms with van der Waals surface area (Å²) in [6, 6.07) is 5.03. The van der Waals surface area contributed by atoms with Gasteiger partial charge < -0.3 is 15.1 Å². The van der Waals surface area contributed by atoms with Gasteiger partial charge in [0.1, 0.15) is 0 Å². The highest BCUT2D eigenvalue weighted by molar-refractivity contribution is 6.42. The summed E-state index contributed by atoms with van der Waals surface area (Å²) < 4.78 is 0. The van der Waals surface area contributed by atoms with E-state index in [1.807, 2.05) is 0 Å². The van der Waals surface area contributed by atoms with Crippen molar-refractivity contribution >= 4 is 35.2 Å². The Hall–Kier alpha value is -1.07. The van der Waals surface area contributed by atoms with Gasteiger partial charge in [-0.15, -0.1) is 0 Å². The lowest BCUT2D eigenvalue weighted by Crippen LogP contribution is -2.34. The van der Waals surface area contributed by atoms with E-state index < -0.39 is 0 Å². The lowest BCUT2D eigenvalue weighted by molar-refractivity contribution is -0.126. The van der Waals surface area contributed by atoms with Crippen LogP contribution in [-0.2, 0) is 4.79 Å². The van der Waals surface area contributed by atoms with Crippen LogP contribution in [0.25, 0.3) is 6.08 Å². The molecule has 0 heterocycles. The van der Waals surface area contributed by atoms with E-state index >= 15 is 0 Å². The summed E-state index contributed by atoms with van der Waals surface area (Å²) in [4.78, 5) is 13.2. The predicted octanol–water partition coefficient (Wildman–Crippen LogP) is 1.82. The van der Waals surface area contributed by atoms with E-state index in [0.717, 1.165) is 5.56 Å². The largest absolute Gasteiger partial charge is 0.395 e. The number of aliphatic hydroxyl groups is 2. The van der Waals surface area contributed by atoms with Gasteiger partial charge in [0, 0.05) is 19.2 Å². The van der Waals surface area contributed by atoms with Gasteiger partial charge in [-0.3, -0.25) is 4.79 Å². The van der Waals surface area contributed by atoms with Gasteiger partial charge in [-0.05, 0) is 23.8 Å². The van der Waals surface area contributed by atoms with Crippen LogP contribution in [0.2, 0.25) is 10.0 Å². The number of hydrogen-bond donors (Lipinski definition) is 2. The number of amides is 1. The number of halogens is 2. The Labute approximate surface area is 121 Å². The monoisotopic (exact) mass is 303 g/mol. The van der Waals surface area contributed by atoms with Gasteiger partial charge in [0.25, 0.3) is 0 Å². The SMILES string of the molecule is O=C(/C=C/c1ccc(Cl)c(Cl)c1)N(CCO)CCO. The fourth-order valence-electron chi connectivity index (χ4n) is 1.46. The van der Waals surface area contributed by atoms with Crippen molar-refractivity contribution in [3.05, 3.63) is 39.9 Å². The van der Waals surface area contributed by atoms with Gasteiger partial charge in [0.15, 0.2) is 0 Å². The van der Waals surface area contributed by atoms with E-state index in [4.69, 9.17) is 33.4 Å². The zero-order valence-electron chi connectivity index (χ0n) is 10.2. The third-order valence-corrected chi connectivity index (χ3v) is 3.15. The van der Waals surface area contributed by atoms with Crippen molar-refractivity contribution in [3.63, 3.8) is 0 Å². The number of hydrogen-bond acceptors (Lipinski definition) is 3. The Bertz CT molecular complexity index is 457. The quantitative estimate of drug-likeness (QED) is 0.788. The van der Waals surface area contributed by atoms with Gasteiger partial charge in [0.05, 0.1) is 23.3 Å². The van der Waals surface area contributed by atoms with E-state index in [1.54, 1.807) is 24.3 Å². The second kappa shape index (κ2) is 8.17. The summed E-state index contributed by atoms with van der Waals surface area (Å²) >= 11 is 11.7. The summed E-state index contributed by atoms with van der Waals surface area (Å²) in [5.74, 6) is -0.283. The molecule has 1 rings (SSSR count). The van der Waals surface area contributed by atoms with Crippen molar-refractivity contribution in [1.29, 1.82) is 0 Å². The molecule has 1 amide bonds. The van der Waals surface area contributed by atoms with Crippen molar-refractivity contribution in [3.8, 4) is 0 Å². The average Bonchev–Trinajstić information content (AvgIpc) is 2.39. The fourth-order valence-corrected chi connectivity index (χ4v) is 1.77. The Morgan fingerprint density at radius 1 is 1.16 bits per heavy atom. The number of rotatable bonds is 6. The van der Waals surface area contributed by atoms with Gasteiger partial charge in [-0.1, -0.05) is 29.3 Å². The van der Waals surface area contributed by atoms with E-state index in [2.05, 4.69) is 0 Å². The molecule has 1 aromatic carbocycles. The Kier molecular flexibility index (Phi) is 6.87. The smallest absolute Gasteiger partial charge is 0.246 e. The van der Waals surface area contributed by atoms with Crippen LogP contribution >= 0.6 is 23.2 Å². The normalized spacial score (nSPS) is 10.9. The molecule has 0 radical (unpaired) electrons. The van der Waals surface area contributed by atoms with Crippen LogP contribution in [0, 0.1) is 0 Å². The molecule has 0 bridgehead atoms. The van der Waals surface area contributed by atoms with Gasteiger partial charge in [-0.25, -0.2) is 0 Å². The first-order chi connectivity index (χ1) is 9.08. The lowest BCUT2D eigenvalue weighted by atomic mass is 10.2. The summed E-state index contributed by atoms with van der Waals surface area (Å²) in [5.41, 5.74) is 0.746. The second-order valence-electron chi connectivity index (χ2n) is 3.78. The molecule has 0 spiro atoms. The topological polar surface area (TPSA) is 60.8 Å². The third kappa shape index (κ3) is 5.20. The molecule has 0 saturated carbocycles. The minimum atomic E-state index is -0.283. The number of carbonyl (C=O) groups is 1. The zero-order chi connectivity index (χ0) is 14.3. The molecule has 0 fully saturated rings. The van der Waals surface area contributed by atoms with Gasteiger partial charge in [0.2, 0.25) is 5.91 Å². The Balaban J connectivity index is 2.73. The van der Waals surface area contributed by atoms with E-state index in [1.165, 1.54) is 11.0 Å². The fraction of sp³-hybridized carbons (Fsp3) is 0.308. The molecular weight excluding hydrogens is 289 g/mol. The van der Waals surface area contributed by atoms with E-state index in [9.17, 15) is 4.79 Å². The van der Waals surface area contributed by atoms with Crippen molar-refractivity contribution < 1.29 is 15.0 Å². The zero-order valence-corrected chi connectivity index (χ0v) is 11.7. The summed E-state index contributed by atoms with van der Waals surface area (Å²) in [5, 5.41) is 18.5. The first-order valence-corrected chi connectivity index (χ1v) is 6.48. The standard InChI is InChI=1S/C13H15Cl2NO3/c14-11-3-1-10(9-12(11)15)2-4-13(19)16(5-7-17)6-8-18/h1-4,9,17-18H,5-8H2/b4-2+. The first-order valence-electron chi connectivity index (χ1n) is 5.72. The van der Waals surface area contributed by atoms with E-state index in [0.29, 0.717) is 10.0 Å². The van der Waals surface area contributed by atoms with Crippen LogP contribution in [0.3, 0.4) is 0 Å². The van der Waals surface area contributed by atoms with Gasteiger partial charge >= 0.3 is 0 Å². The van der Waals surface area contributed by atoms with Crippen LogP contribution in [0.15, 0.2) is 24.3 Å². The molecule has 0 saturated heterocycles. The Morgan fingerprint density at radius 3 is 2.32 bits per heavy atom. The van der Waals surface area contributed by atoms with Crippen LogP contribution in [0.5, 0.6) is 0 Å². The van der Waals surface area contributed by atoms with Crippen LogP contribution in [0.1, 0.15) is 5.56 Å². The lowest BCUT2D eigenvalue weighted by Gasteiger charge is -2.18. The second-order valence-corrected chi connectivity index (χ2v) is 4.59. The molecule has 19 heavy (non-hydrogen) atoms. The van der Waals surface area contributed by atoms with Crippen molar-refractivity contribution in [1.82, 2.24) is 4.90 Å². The number of benzene rings is 1. The van der Waals surface area contributed by atoms with E-state index in [-0.39, 0.29) is 32.2 Å². The molecule has 0 aliphatic carbocycles. The highest BCUT2D eigenvalue weighted by atomic mass is 35.5. The van der Waals surface area contributed by atoms with Crippen molar-refractivity contribution in [2.75, 3.05) is 26.3 Å². The highest BCUT2D eigenvalue weighted by Gasteiger charge is 2.08. The van der Waals surface area contributed by atoms with Crippen LogP contribution in [-0.4, -0.2) is 47.3 Å². The minimum absolute atomic E-state index is 0.146. The third-order valence-electron chi connectivity index (χ3n) is 2.41. The molecule has 0 unspecified atom stereocenters. The van der Waals surface area contributed by atoms with Crippen molar-refractivity contribution in [2.45, 2.75) is 0 Å². The van der Waals surface area contributed by atoms with Crippen molar-refractivity contribution in [2.24, 2.45) is 0 Å². The van der Waals surface area contributed by atoms with Crippen LogP contribution in [0.4, 0.5) is 0 Å². The number of aliphatic hydroxyl groups excluding tert-OH is 2. The van der Waals surface area contributed by atoms with Crippen LogP contribution < -0.4 is 0 Å². The summed E-state index contributed by atoms with van der Waals surface area (Å²) in [6.07, 6.45) is 2.97. The molecule has 0 aliphatic heterocycles. The van der Waals surface area contributed by atoms with Gasteiger partial charge in [-0.2, -0.15) is 0 Å². The minimum Gasteiger partial charge on any atom is -0.395 e. The molecule has 0 atom stereocenters. The average molecular weight is 304 g/mol. The molecule has 4 nitrogen and oxygen atoms in total. The highest BCUT2D eigenvalue weighted by Crippen LogP contribution is 2.23. The molecule has 104 valence electrons. The molecule has 0 aliphatic rings. The maximum atomic E-state index is 11.8. The Morgan fingerprint density at radius 2 is 1.79 bits per heavy atom. The molecule has 6 heteroatoms. The predicted molar refractivity (Wildman–Crippen MR) is 76.2 cm³/mol. The molecule has 1 aromatic rings. The number of carbonyl (C=O) groups excluding carboxylic acids is 1. The summed E-state index contributed by atoms with van der Waals surface area (Å²) in [6.45, 7) is 0.0783. The molecule has 0 aromatic heterocycles. The molecular formula is C13H15Cl2NO3. The number of nitrogens with zero attached hydrogens (tertiary/aromatic N) is 1. The molecule has 2 N–H and O–H groups in total. The maximum absolute atomic E-state index is 11.8.